The second kappa shape index (κ2) is 6.79. The van der Waals surface area contributed by atoms with E-state index in [0.717, 1.165) is 37.2 Å². The lowest BCUT2D eigenvalue weighted by Gasteiger charge is -2.22. The summed E-state index contributed by atoms with van der Waals surface area (Å²) in [6, 6.07) is 6.20. The number of fused-ring (bicyclic) bond motifs is 1. The Kier molecular flexibility index (Phi) is 5.27. The van der Waals surface area contributed by atoms with E-state index in [4.69, 9.17) is 0 Å². The van der Waals surface area contributed by atoms with Gasteiger partial charge in [0.2, 0.25) is 10.0 Å². The van der Waals surface area contributed by atoms with E-state index in [1.54, 1.807) is 4.31 Å². The minimum Gasteiger partial charge on any atom is -0.316 e. The van der Waals surface area contributed by atoms with Gasteiger partial charge >= 0.3 is 0 Å². The number of hydrogen-bond acceptors (Lipinski definition) is 3. The third kappa shape index (κ3) is 3.98. The highest BCUT2D eigenvalue weighted by molar-refractivity contribution is 7.92. The van der Waals surface area contributed by atoms with Gasteiger partial charge in [-0.3, -0.25) is 4.31 Å². The highest BCUT2D eigenvalue weighted by Crippen LogP contribution is 2.34. The van der Waals surface area contributed by atoms with E-state index < -0.39 is 10.0 Å². The first-order valence-corrected chi connectivity index (χ1v) is 9.60. The molecule has 0 bridgehead atoms. The van der Waals surface area contributed by atoms with Crippen molar-refractivity contribution in [3.8, 4) is 0 Å². The molecule has 1 aliphatic rings. The summed E-state index contributed by atoms with van der Waals surface area (Å²) >= 11 is 0. The van der Waals surface area contributed by atoms with Crippen molar-refractivity contribution in [1.29, 1.82) is 0 Å². The minimum absolute atomic E-state index is 0.0212. The summed E-state index contributed by atoms with van der Waals surface area (Å²) in [5.74, 6) is 0. The van der Waals surface area contributed by atoms with Gasteiger partial charge in [0.15, 0.2) is 0 Å². The molecule has 0 spiro atoms. The van der Waals surface area contributed by atoms with E-state index in [9.17, 15) is 8.42 Å². The van der Waals surface area contributed by atoms with Crippen LogP contribution in [0.2, 0.25) is 0 Å². The fraction of sp³-hybridized carbons (Fsp3) is 0.625. The number of benzene rings is 1. The summed E-state index contributed by atoms with van der Waals surface area (Å²) < 4.78 is 25.3. The van der Waals surface area contributed by atoms with Crippen LogP contribution in [0.1, 0.15) is 37.8 Å². The predicted molar refractivity (Wildman–Crippen MR) is 88.4 cm³/mol. The van der Waals surface area contributed by atoms with Gasteiger partial charge in [-0.05, 0) is 56.5 Å². The SMILES string of the molecule is CCCCNCCc1ccc2c(c1)CC(C)N2S(C)(=O)=O. The van der Waals surface area contributed by atoms with E-state index >= 15 is 0 Å². The zero-order chi connectivity index (χ0) is 15.5. The van der Waals surface area contributed by atoms with Crippen molar-refractivity contribution in [2.45, 2.75) is 45.6 Å². The van der Waals surface area contributed by atoms with Gasteiger partial charge in [0.1, 0.15) is 0 Å². The van der Waals surface area contributed by atoms with Gasteiger partial charge in [-0.2, -0.15) is 0 Å². The molecule has 5 heteroatoms. The number of hydrogen-bond donors (Lipinski definition) is 1. The Morgan fingerprint density at radius 2 is 2.10 bits per heavy atom. The van der Waals surface area contributed by atoms with Crippen molar-refractivity contribution in [1.82, 2.24) is 5.32 Å². The third-order valence-electron chi connectivity index (χ3n) is 3.95. The average Bonchev–Trinajstić information content (AvgIpc) is 2.73. The summed E-state index contributed by atoms with van der Waals surface area (Å²) in [5, 5.41) is 3.44. The molecule has 1 N–H and O–H groups in total. The molecule has 0 saturated carbocycles. The van der Waals surface area contributed by atoms with Crippen LogP contribution in [0.3, 0.4) is 0 Å². The Bertz CT molecular complexity index is 584. The second-order valence-electron chi connectivity index (χ2n) is 5.93. The minimum atomic E-state index is -3.18. The topological polar surface area (TPSA) is 49.4 Å². The molecule has 1 heterocycles. The van der Waals surface area contributed by atoms with Crippen LogP contribution in [0.25, 0.3) is 0 Å². The Labute approximate surface area is 128 Å². The normalized spacial score (nSPS) is 18.0. The molecule has 0 saturated heterocycles. The fourth-order valence-corrected chi connectivity index (χ4v) is 4.24. The van der Waals surface area contributed by atoms with E-state index in [0.29, 0.717) is 0 Å². The van der Waals surface area contributed by atoms with Gasteiger partial charge in [-0.15, -0.1) is 0 Å². The van der Waals surface area contributed by atoms with Gasteiger partial charge in [-0.25, -0.2) is 8.42 Å². The molecule has 1 aromatic carbocycles. The van der Waals surface area contributed by atoms with E-state index in [1.807, 2.05) is 13.0 Å². The Morgan fingerprint density at radius 1 is 1.33 bits per heavy atom. The molecule has 1 atom stereocenters. The van der Waals surface area contributed by atoms with Crippen molar-refractivity contribution in [2.75, 3.05) is 23.7 Å². The third-order valence-corrected chi connectivity index (χ3v) is 5.22. The molecule has 0 amide bonds. The summed E-state index contributed by atoms with van der Waals surface area (Å²) in [5.41, 5.74) is 3.28. The van der Waals surface area contributed by atoms with E-state index in [2.05, 4.69) is 24.4 Å². The quantitative estimate of drug-likeness (QED) is 0.786. The van der Waals surface area contributed by atoms with Gasteiger partial charge in [-0.1, -0.05) is 25.5 Å². The maximum absolute atomic E-state index is 11.9. The molecule has 1 unspecified atom stereocenters. The van der Waals surface area contributed by atoms with Crippen molar-refractivity contribution in [3.63, 3.8) is 0 Å². The van der Waals surface area contributed by atoms with Gasteiger partial charge < -0.3 is 5.32 Å². The summed E-state index contributed by atoms with van der Waals surface area (Å²) in [6.45, 7) is 6.20. The molecular weight excluding hydrogens is 284 g/mol. The number of rotatable bonds is 7. The molecular formula is C16H26N2O2S. The lowest BCUT2D eigenvalue weighted by Crippen LogP contribution is -2.34. The molecule has 0 fully saturated rings. The van der Waals surface area contributed by atoms with Crippen LogP contribution in [-0.2, 0) is 22.9 Å². The van der Waals surface area contributed by atoms with E-state index in [-0.39, 0.29) is 6.04 Å². The van der Waals surface area contributed by atoms with E-state index in [1.165, 1.54) is 24.7 Å². The summed E-state index contributed by atoms with van der Waals surface area (Å²) in [6.07, 6.45) is 5.50. The number of nitrogens with one attached hydrogen (secondary N) is 1. The van der Waals surface area contributed by atoms with Crippen molar-refractivity contribution in [2.24, 2.45) is 0 Å². The summed E-state index contributed by atoms with van der Waals surface area (Å²) in [7, 11) is -3.18. The molecule has 2 rings (SSSR count). The second-order valence-corrected chi connectivity index (χ2v) is 7.79. The molecule has 21 heavy (non-hydrogen) atoms. The first-order chi connectivity index (χ1) is 9.93. The maximum atomic E-state index is 11.9. The number of nitrogens with zero attached hydrogens (tertiary/aromatic N) is 1. The first kappa shape index (κ1) is 16.3. The van der Waals surface area contributed by atoms with Gasteiger partial charge in [0, 0.05) is 6.04 Å². The van der Waals surface area contributed by atoms with Crippen molar-refractivity contribution in [3.05, 3.63) is 29.3 Å². The molecule has 4 nitrogen and oxygen atoms in total. The lowest BCUT2D eigenvalue weighted by atomic mass is 10.0. The van der Waals surface area contributed by atoms with Gasteiger partial charge in [0.25, 0.3) is 0 Å². The van der Waals surface area contributed by atoms with Crippen molar-refractivity contribution < 1.29 is 8.42 Å². The standard InChI is InChI=1S/C16H26N2O2S/c1-4-5-9-17-10-8-14-6-7-16-15(12-14)11-13(2)18(16)21(3,19)20/h6-7,12-13,17H,4-5,8-11H2,1-3H3. The summed E-state index contributed by atoms with van der Waals surface area (Å²) in [4.78, 5) is 0. The van der Waals surface area contributed by atoms with Crippen molar-refractivity contribution >= 4 is 15.7 Å². The zero-order valence-electron chi connectivity index (χ0n) is 13.2. The molecule has 0 aliphatic carbocycles. The highest BCUT2D eigenvalue weighted by Gasteiger charge is 2.32. The zero-order valence-corrected chi connectivity index (χ0v) is 14.0. The lowest BCUT2D eigenvalue weighted by molar-refractivity contribution is 0.590. The monoisotopic (exact) mass is 310 g/mol. The molecule has 0 aromatic heterocycles. The highest BCUT2D eigenvalue weighted by atomic mass is 32.2. The predicted octanol–water partition coefficient (Wildman–Crippen LogP) is 2.33. The van der Waals surface area contributed by atoms with Crippen LogP contribution in [0.15, 0.2) is 18.2 Å². The molecule has 0 radical (unpaired) electrons. The molecule has 1 aromatic rings. The maximum Gasteiger partial charge on any atom is 0.232 e. The first-order valence-electron chi connectivity index (χ1n) is 7.75. The molecule has 118 valence electrons. The van der Waals surface area contributed by atoms with Gasteiger partial charge in [0.05, 0.1) is 11.9 Å². The van der Waals surface area contributed by atoms with Crippen LogP contribution in [0.5, 0.6) is 0 Å². The largest absolute Gasteiger partial charge is 0.316 e. The van der Waals surface area contributed by atoms with Crippen LogP contribution in [0.4, 0.5) is 5.69 Å². The Hall–Kier alpha value is -1.07. The van der Waals surface area contributed by atoms with Crippen LogP contribution < -0.4 is 9.62 Å². The van der Waals surface area contributed by atoms with Crippen LogP contribution in [0, 0.1) is 0 Å². The smallest absolute Gasteiger partial charge is 0.232 e. The molecule has 1 aliphatic heterocycles. The Balaban J connectivity index is 2.03. The Morgan fingerprint density at radius 3 is 2.76 bits per heavy atom. The fourth-order valence-electron chi connectivity index (χ4n) is 2.98. The number of unbranched alkanes of at least 4 members (excludes halogenated alkanes) is 1. The number of anilines is 1. The number of sulfonamides is 1. The van der Waals surface area contributed by atoms with Crippen LogP contribution in [-0.4, -0.2) is 33.8 Å². The van der Waals surface area contributed by atoms with Crippen LogP contribution >= 0.6 is 0 Å². The average molecular weight is 310 g/mol.